The van der Waals surface area contributed by atoms with Crippen LogP contribution in [-0.2, 0) is 21.2 Å². The van der Waals surface area contributed by atoms with E-state index in [1.54, 1.807) is 12.1 Å². The molecule has 0 unspecified atom stereocenters. The summed E-state index contributed by atoms with van der Waals surface area (Å²) in [6.45, 7) is 2.81. The molecule has 0 fully saturated rings. The highest BCUT2D eigenvalue weighted by molar-refractivity contribution is 7.89. The highest BCUT2D eigenvalue weighted by Crippen LogP contribution is 2.09. The number of hydrogen-bond donors (Lipinski definition) is 3. The number of anilines is 1. The van der Waals surface area contributed by atoms with Gasteiger partial charge in [-0.1, -0.05) is 29.8 Å². The zero-order valence-electron chi connectivity index (χ0n) is 13.5. The topological polar surface area (TPSA) is 101 Å². The fraction of sp³-hybridized carbons (Fsp3) is 0.235. The summed E-state index contributed by atoms with van der Waals surface area (Å²) in [5, 5.41) is 10.9. The summed E-state index contributed by atoms with van der Waals surface area (Å²) in [4.78, 5) is 11.9. The summed E-state index contributed by atoms with van der Waals surface area (Å²) in [5.74, 6) is -0.108. The van der Waals surface area contributed by atoms with Gasteiger partial charge in [-0.3, -0.25) is 4.79 Å². The Morgan fingerprint density at radius 1 is 1.04 bits per heavy atom. The van der Waals surface area contributed by atoms with Crippen LogP contribution in [-0.4, -0.2) is 27.4 Å². The van der Waals surface area contributed by atoms with E-state index in [2.05, 4.69) is 10.6 Å². The first-order valence-electron chi connectivity index (χ1n) is 7.53. The number of nitrogens with one attached hydrogen (secondary N) is 2. The van der Waals surface area contributed by atoms with Gasteiger partial charge in [0.15, 0.2) is 0 Å². The molecule has 2 aromatic carbocycles. The van der Waals surface area contributed by atoms with Gasteiger partial charge in [-0.05, 0) is 49.7 Å². The molecule has 4 N–H and O–H groups in total. The molecule has 0 spiro atoms. The molecule has 24 heavy (non-hydrogen) atoms. The van der Waals surface area contributed by atoms with Crippen molar-refractivity contribution in [1.29, 1.82) is 0 Å². The van der Waals surface area contributed by atoms with Crippen molar-refractivity contribution in [3.63, 3.8) is 0 Å². The number of carbonyl (C=O) groups is 1. The number of amides is 1. The van der Waals surface area contributed by atoms with Crippen LogP contribution in [0.25, 0.3) is 0 Å². The van der Waals surface area contributed by atoms with Crippen molar-refractivity contribution >= 4 is 21.6 Å². The molecule has 128 valence electrons. The number of primary sulfonamides is 1. The highest BCUT2D eigenvalue weighted by Gasteiger charge is 2.06. The molecular formula is C17H21N3O3S. The van der Waals surface area contributed by atoms with Gasteiger partial charge in [0, 0.05) is 5.69 Å². The van der Waals surface area contributed by atoms with Crippen LogP contribution in [0.1, 0.15) is 11.1 Å². The Morgan fingerprint density at radius 3 is 2.25 bits per heavy atom. The van der Waals surface area contributed by atoms with Crippen molar-refractivity contribution in [1.82, 2.24) is 5.32 Å². The van der Waals surface area contributed by atoms with Crippen molar-refractivity contribution in [2.24, 2.45) is 5.14 Å². The average Bonchev–Trinajstić information content (AvgIpc) is 2.53. The van der Waals surface area contributed by atoms with Gasteiger partial charge in [0.2, 0.25) is 15.9 Å². The SMILES string of the molecule is Cc1ccc(NC(=O)CNCCc2ccc(S(N)(=O)=O)cc2)cc1. The van der Waals surface area contributed by atoms with Crippen molar-refractivity contribution in [3.05, 3.63) is 59.7 Å². The molecule has 7 heteroatoms. The lowest BCUT2D eigenvalue weighted by molar-refractivity contribution is -0.115. The Hall–Kier alpha value is -2.22. The Labute approximate surface area is 142 Å². The molecule has 1 amide bonds. The van der Waals surface area contributed by atoms with Gasteiger partial charge < -0.3 is 10.6 Å². The molecule has 0 aromatic heterocycles. The maximum absolute atomic E-state index is 11.8. The summed E-state index contributed by atoms with van der Waals surface area (Å²) < 4.78 is 22.3. The quantitative estimate of drug-likeness (QED) is 0.659. The van der Waals surface area contributed by atoms with E-state index >= 15 is 0 Å². The number of hydrogen-bond acceptors (Lipinski definition) is 4. The van der Waals surface area contributed by atoms with Crippen LogP contribution in [0.5, 0.6) is 0 Å². The third kappa shape index (κ3) is 5.77. The number of aryl methyl sites for hydroxylation is 1. The predicted molar refractivity (Wildman–Crippen MR) is 94.2 cm³/mol. The standard InChI is InChI=1S/C17H21N3O3S/c1-13-2-6-15(7-3-13)20-17(21)12-19-11-10-14-4-8-16(9-5-14)24(18,22)23/h2-9,19H,10-12H2,1H3,(H,20,21)(H2,18,22,23). The van der Waals surface area contributed by atoms with Gasteiger partial charge in [-0.15, -0.1) is 0 Å². The van der Waals surface area contributed by atoms with Crippen LogP contribution < -0.4 is 15.8 Å². The molecule has 0 aliphatic rings. The number of nitrogens with two attached hydrogens (primary N) is 1. The fourth-order valence-corrected chi connectivity index (χ4v) is 2.64. The van der Waals surface area contributed by atoms with Crippen LogP contribution in [0.15, 0.2) is 53.4 Å². The molecule has 6 nitrogen and oxygen atoms in total. The van der Waals surface area contributed by atoms with Gasteiger partial charge in [-0.25, -0.2) is 13.6 Å². The molecule has 0 radical (unpaired) electrons. The molecule has 2 rings (SSSR count). The van der Waals surface area contributed by atoms with E-state index in [0.717, 1.165) is 16.8 Å². The minimum Gasteiger partial charge on any atom is -0.325 e. The van der Waals surface area contributed by atoms with E-state index in [0.29, 0.717) is 13.0 Å². The van der Waals surface area contributed by atoms with E-state index in [4.69, 9.17) is 5.14 Å². The van der Waals surface area contributed by atoms with Crippen LogP contribution in [0.4, 0.5) is 5.69 Å². The number of carbonyl (C=O) groups excluding carboxylic acids is 1. The van der Waals surface area contributed by atoms with Crippen LogP contribution in [0.2, 0.25) is 0 Å². The fourth-order valence-electron chi connectivity index (χ4n) is 2.12. The van der Waals surface area contributed by atoms with E-state index in [-0.39, 0.29) is 17.3 Å². The second-order valence-electron chi connectivity index (χ2n) is 5.53. The van der Waals surface area contributed by atoms with Crippen molar-refractivity contribution in [2.45, 2.75) is 18.2 Å². The largest absolute Gasteiger partial charge is 0.325 e. The number of benzene rings is 2. The molecule has 0 atom stereocenters. The van der Waals surface area contributed by atoms with Gasteiger partial charge >= 0.3 is 0 Å². The molecule has 0 aliphatic heterocycles. The molecular weight excluding hydrogens is 326 g/mol. The monoisotopic (exact) mass is 347 g/mol. The van der Waals surface area contributed by atoms with Gasteiger partial charge in [-0.2, -0.15) is 0 Å². The molecule has 0 bridgehead atoms. The first kappa shape index (κ1) is 18.1. The summed E-state index contributed by atoms with van der Waals surface area (Å²) in [6.07, 6.45) is 0.683. The summed E-state index contributed by atoms with van der Waals surface area (Å²) in [7, 11) is -3.66. The number of rotatable bonds is 7. The predicted octanol–water partition coefficient (Wildman–Crippen LogP) is 1.41. The Morgan fingerprint density at radius 2 is 1.67 bits per heavy atom. The smallest absolute Gasteiger partial charge is 0.238 e. The average molecular weight is 347 g/mol. The molecule has 0 heterocycles. The molecule has 0 aliphatic carbocycles. The van der Waals surface area contributed by atoms with E-state index in [1.807, 2.05) is 31.2 Å². The van der Waals surface area contributed by atoms with Gasteiger partial charge in [0.1, 0.15) is 0 Å². The second-order valence-corrected chi connectivity index (χ2v) is 7.09. The van der Waals surface area contributed by atoms with Gasteiger partial charge in [0.25, 0.3) is 0 Å². The third-order valence-electron chi connectivity index (χ3n) is 3.46. The zero-order chi connectivity index (χ0) is 17.6. The molecule has 2 aromatic rings. The molecule has 0 saturated carbocycles. The highest BCUT2D eigenvalue weighted by atomic mass is 32.2. The summed E-state index contributed by atoms with van der Waals surface area (Å²) in [5.41, 5.74) is 2.87. The maximum atomic E-state index is 11.8. The lowest BCUT2D eigenvalue weighted by Crippen LogP contribution is -2.29. The van der Waals surface area contributed by atoms with Gasteiger partial charge in [0.05, 0.1) is 11.4 Å². The first-order chi connectivity index (χ1) is 11.3. The van der Waals surface area contributed by atoms with Crippen molar-refractivity contribution < 1.29 is 13.2 Å². The lowest BCUT2D eigenvalue weighted by atomic mass is 10.1. The Kier molecular flexibility index (Phi) is 6.08. The zero-order valence-corrected chi connectivity index (χ0v) is 14.3. The molecule has 0 saturated heterocycles. The maximum Gasteiger partial charge on any atom is 0.238 e. The Bertz CT molecular complexity index is 785. The minimum atomic E-state index is -3.66. The first-order valence-corrected chi connectivity index (χ1v) is 9.08. The van der Waals surface area contributed by atoms with Crippen molar-refractivity contribution in [2.75, 3.05) is 18.4 Å². The third-order valence-corrected chi connectivity index (χ3v) is 4.39. The van der Waals surface area contributed by atoms with Crippen LogP contribution in [0.3, 0.4) is 0 Å². The minimum absolute atomic E-state index is 0.0942. The Balaban J connectivity index is 1.72. The van der Waals surface area contributed by atoms with Crippen LogP contribution >= 0.6 is 0 Å². The lowest BCUT2D eigenvalue weighted by Gasteiger charge is -2.07. The summed E-state index contributed by atoms with van der Waals surface area (Å²) >= 11 is 0. The summed E-state index contributed by atoms with van der Waals surface area (Å²) in [6, 6.07) is 14.0. The second kappa shape index (κ2) is 8.05. The normalized spacial score (nSPS) is 11.2. The van der Waals surface area contributed by atoms with E-state index in [1.165, 1.54) is 12.1 Å². The van der Waals surface area contributed by atoms with Crippen molar-refractivity contribution in [3.8, 4) is 0 Å². The van der Waals surface area contributed by atoms with Crippen LogP contribution in [0, 0.1) is 6.92 Å². The number of sulfonamides is 1. The van der Waals surface area contributed by atoms with E-state index < -0.39 is 10.0 Å². The van der Waals surface area contributed by atoms with E-state index in [9.17, 15) is 13.2 Å².